The van der Waals surface area contributed by atoms with Crippen molar-refractivity contribution in [1.82, 2.24) is 9.88 Å². The molecule has 0 bridgehead atoms. The first-order valence-corrected chi connectivity index (χ1v) is 8.71. The number of nitrogens with two attached hydrogens (primary N) is 1. The van der Waals surface area contributed by atoms with E-state index >= 15 is 0 Å². The Morgan fingerprint density at radius 1 is 1.17 bits per heavy atom. The van der Waals surface area contributed by atoms with E-state index in [2.05, 4.69) is 16.0 Å². The van der Waals surface area contributed by atoms with Crippen LogP contribution in [0.1, 0.15) is 36.1 Å². The van der Waals surface area contributed by atoms with Crippen molar-refractivity contribution in [3.05, 3.63) is 63.9 Å². The van der Waals surface area contributed by atoms with Crippen molar-refractivity contribution in [2.75, 3.05) is 13.1 Å². The lowest BCUT2D eigenvalue weighted by Crippen LogP contribution is -2.42. The Morgan fingerprint density at radius 2 is 1.92 bits per heavy atom. The number of carbonyl (C=O) groups is 1. The molecule has 1 amide bonds. The van der Waals surface area contributed by atoms with Gasteiger partial charge in [-0.15, -0.1) is 0 Å². The molecule has 3 rings (SSSR count). The molecule has 0 saturated carbocycles. The van der Waals surface area contributed by atoms with Crippen LogP contribution < -0.4 is 5.73 Å². The number of halogens is 2. The standard InChI is InChI=1S/C18H19Cl2N3O/c19-14-5-3-4-13(16(14)20)17(18(21)24)23-10-7-12(8-11-23)15-6-1-2-9-22-15/h1-6,9,12,17H,7-8,10-11H2,(H2,21,24). The van der Waals surface area contributed by atoms with E-state index in [4.69, 9.17) is 28.9 Å². The average Bonchev–Trinajstić information content (AvgIpc) is 2.60. The second kappa shape index (κ2) is 7.51. The Morgan fingerprint density at radius 3 is 2.54 bits per heavy atom. The number of carbonyl (C=O) groups excluding carboxylic acids is 1. The summed E-state index contributed by atoms with van der Waals surface area (Å²) in [5.41, 5.74) is 7.45. The molecule has 1 fully saturated rings. The zero-order chi connectivity index (χ0) is 17.1. The Balaban J connectivity index is 1.77. The van der Waals surface area contributed by atoms with Gasteiger partial charge in [0.05, 0.1) is 10.0 Å². The predicted octanol–water partition coefficient (Wildman–Crippen LogP) is 3.79. The van der Waals surface area contributed by atoms with E-state index in [0.29, 0.717) is 21.5 Å². The Labute approximate surface area is 151 Å². The lowest BCUT2D eigenvalue weighted by atomic mass is 9.91. The zero-order valence-electron chi connectivity index (χ0n) is 13.2. The molecular weight excluding hydrogens is 345 g/mol. The average molecular weight is 364 g/mol. The Kier molecular flexibility index (Phi) is 5.39. The maximum absolute atomic E-state index is 12.1. The number of piperidine rings is 1. The Bertz CT molecular complexity index is 715. The molecule has 1 saturated heterocycles. The number of primary amides is 1. The van der Waals surface area contributed by atoms with Crippen LogP contribution in [0.15, 0.2) is 42.6 Å². The van der Waals surface area contributed by atoms with Crippen LogP contribution in [0.3, 0.4) is 0 Å². The smallest absolute Gasteiger partial charge is 0.239 e. The first-order valence-electron chi connectivity index (χ1n) is 7.96. The summed E-state index contributed by atoms with van der Waals surface area (Å²) in [6.07, 6.45) is 3.68. The third-order valence-corrected chi connectivity index (χ3v) is 5.38. The molecule has 4 nitrogen and oxygen atoms in total. The molecule has 0 aliphatic carbocycles. The number of nitrogens with zero attached hydrogens (tertiary/aromatic N) is 2. The second-order valence-electron chi connectivity index (χ2n) is 6.01. The van der Waals surface area contributed by atoms with Gasteiger partial charge in [-0.1, -0.05) is 41.4 Å². The molecule has 2 aromatic rings. The van der Waals surface area contributed by atoms with E-state index < -0.39 is 11.9 Å². The summed E-state index contributed by atoms with van der Waals surface area (Å²) >= 11 is 12.4. The maximum Gasteiger partial charge on any atom is 0.239 e. The van der Waals surface area contributed by atoms with Crippen LogP contribution in [0.5, 0.6) is 0 Å². The van der Waals surface area contributed by atoms with Gasteiger partial charge in [0.2, 0.25) is 5.91 Å². The maximum atomic E-state index is 12.1. The van der Waals surface area contributed by atoms with Crippen molar-refractivity contribution in [3.8, 4) is 0 Å². The molecule has 1 atom stereocenters. The molecule has 24 heavy (non-hydrogen) atoms. The van der Waals surface area contributed by atoms with Crippen LogP contribution in [-0.4, -0.2) is 28.9 Å². The number of likely N-dealkylation sites (tertiary alicyclic amines) is 1. The van der Waals surface area contributed by atoms with Crippen molar-refractivity contribution < 1.29 is 4.79 Å². The largest absolute Gasteiger partial charge is 0.368 e. The molecule has 1 aliphatic rings. The third-order valence-electron chi connectivity index (χ3n) is 4.55. The molecule has 126 valence electrons. The summed E-state index contributed by atoms with van der Waals surface area (Å²) in [4.78, 5) is 18.6. The van der Waals surface area contributed by atoms with Crippen molar-refractivity contribution in [2.45, 2.75) is 24.8 Å². The molecule has 1 aliphatic heterocycles. The minimum Gasteiger partial charge on any atom is -0.368 e. The molecule has 2 N–H and O–H groups in total. The number of benzene rings is 1. The van der Waals surface area contributed by atoms with E-state index in [1.807, 2.05) is 24.4 Å². The van der Waals surface area contributed by atoms with Crippen molar-refractivity contribution in [3.63, 3.8) is 0 Å². The SMILES string of the molecule is NC(=O)C(c1cccc(Cl)c1Cl)N1CCC(c2ccccn2)CC1. The monoisotopic (exact) mass is 363 g/mol. The second-order valence-corrected chi connectivity index (χ2v) is 6.80. The lowest BCUT2D eigenvalue weighted by Gasteiger charge is -2.36. The minimum absolute atomic E-state index is 0.398. The fraction of sp³-hybridized carbons (Fsp3) is 0.333. The summed E-state index contributed by atoms with van der Waals surface area (Å²) in [6.45, 7) is 1.52. The molecule has 1 unspecified atom stereocenters. The van der Waals surface area contributed by atoms with E-state index in [1.54, 1.807) is 12.1 Å². The van der Waals surface area contributed by atoms with E-state index in [0.717, 1.165) is 31.6 Å². The topological polar surface area (TPSA) is 59.2 Å². The normalized spacial score (nSPS) is 17.6. The number of pyridine rings is 1. The van der Waals surface area contributed by atoms with Gasteiger partial charge in [0.1, 0.15) is 6.04 Å². The van der Waals surface area contributed by atoms with E-state index in [1.165, 1.54) is 0 Å². The Hall–Kier alpha value is -1.62. The molecule has 2 heterocycles. The number of hydrogen-bond acceptors (Lipinski definition) is 3. The number of rotatable bonds is 4. The van der Waals surface area contributed by atoms with Crippen molar-refractivity contribution in [2.24, 2.45) is 5.73 Å². The van der Waals surface area contributed by atoms with Crippen LogP contribution in [0.4, 0.5) is 0 Å². The fourth-order valence-corrected chi connectivity index (χ4v) is 3.74. The lowest BCUT2D eigenvalue weighted by molar-refractivity contribution is -0.124. The van der Waals surface area contributed by atoms with Gasteiger partial charge < -0.3 is 5.73 Å². The molecule has 0 spiro atoms. The number of amides is 1. The van der Waals surface area contributed by atoms with Gasteiger partial charge in [0.15, 0.2) is 0 Å². The van der Waals surface area contributed by atoms with Crippen LogP contribution >= 0.6 is 23.2 Å². The highest BCUT2D eigenvalue weighted by molar-refractivity contribution is 6.42. The molecule has 1 aromatic carbocycles. The van der Waals surface area contributed by atoms with Gasteiger partial charge in [-0.2, -0.15) is 0 Å². The highest BCUT2D eigenvalue weighted by Crippen LogP contribution is 2.36. The molecule has 0 radical (unpaired) electrons. The van der Waals surface area contributed by atoms with E-state index in [9.17, 15) is 4.79 Å². The van der Waals surface area contributed by atoms with Crippen LogP contribution in [0.2, 0.25) is 10.0 Å². The van der Waals surface area contributed by atoms with Crippen LogP contribution in [-0.2, 0) is 4.79 Å². The zero-order valence-corrected chi connectivity index (χ0v) is 14.7. The highest BCUT2D eigenvalue weighted by Gasteiger charge is 2.32. The molecule has 6 heteroatoms. The van der Waals surface area contributed by atoms with Gasteiger partial charge in [0, 0.05) is 17.8 Å². The predicted molar refractivity (Wildman–Crippen MR) is 96.2 cm³/mol. The van der Waals surface area contributed by atoms with Gasteiger partial charge in [0.25, 0.3) is 0 Å². The summed E-state index contributed by atoms with van der Waals surface area (Å²) < 4.78 is 0. The minimum atomic E-state index is -0.555. The van der Waals surface area contributed by atoms with Crippen LogP contribution in [0, 0.1) is 0 Å². The van der Waals surface area contributed by atoms with E-state index in [-0.39, 0.29) is 0 Å². The summed E-state index contributed by atoms with van der Waals surface area (Å²) in [5.74, 6) is 0.00117. The van der Waals surface area contributed by atoms with Gasteiger partial charge in [-0.25, -0.2) is 0 Å². The van der Waals surface area contributed by atoms with Gasteiger partial charge in [-0.3, -0.25) is 14.7 Å². The van der Waals surface area contributed by atoms with Gasteiger partial charge in [-0.05, 0) is 49.7 Å². The first-order chi connectivity index (χ1) is 11.6. The summed E-state index contributed by atoms with van der Waals surface area (Å²) in [5, 5.41) is 0.832. The first kappa shape index (κ1) is 17.2. The summed E-state index contributed by atoms with van der Waals surface area (Å²) in [6, 6.07) is 10.7. The third kappa shape index (κ3) is 3.56. The number of hydrogen-bond donors (Lipinski definition) is 1. The number of aromatic nitrogens is 1. The fourth-order valence-electron chi connectivity index (χ4n) is 3.33. The molecule has 1 aromatic heterocycles. The van der Waals surface area contributed by atoms with Crippen molar-refractivity contribution >= 4 is 29.1 Å². The summed E-state index contributed by atoms with van der Waals surface area (Å²) in [7, 11) is 0. The van der Waals surface area contributed by atoms with Gasteiger partial charge >= 0.3 is 0 Å². The molecular formula is C18H19Cl2N3O. The quantitative estimate of drug-likeness (QED) is 0.898. The van der Waals surface area contributed by atoms with Crippen LogP contribution in [0.25, 0.3) is 0 Å². The highest BCUT2D eigenvalue weighted by atomic mass is 35.5. The van der Waals surface area contributed by atoms with Crippen molar-refractivity contribution in [1.29, 1.82) is 0 Å².